The maximum absolute atomic E-state index is 11.6. The fraction of sp³-hybridized carbons (Fsp3) is 0.471. The van der Waals surface area contributed by atoms with E-state index in [-0.39, 0.29) is 6.03 Å². The second kappa shape index (κ2) is 8.73. The molecule has 0 bridgehead atoms. The van der Waals surface area contributed by atoms with Gasteiger partial charge in [0.05, 0.1) is 0 Å². The molecule has 1 aliphatic rings. The van der Waals surface area contributed by atoms with Crippen molar-refractivity contribution in [3.8, 4) is 0 Å². The second-order valence-electron chi connectivity index (χ2n) is 5.53. The molecule has 1 fully saturated rings. The highest BCUT2D eigenvalue weighted by atomic mass is 35.5. The number of nitrogens with one attached hydrogen (secondary N) is 2. The first-order valence-corrected chi connectivity index (χ1v) is 8.07. The van der Waals surface area contributed by atoms with Gasteiger partial charge in [-0.25, -0.2) is 4.79 Å². The molecule has 0 spiro atoms. The molecule has 0 heterocycles. The Labute approximate surface area is 131 Å². The van der Waals surface area contributed by atoms with E-state index >= 15 is 0 Å². The van der Waals surface area contributed by atoms with Gasteiger partial charge in [-0.2, -0.15) is 0 Å². The number of hydrogen-bond acceptors (Lipinski definition) is 1. The number of rotatable bonds is 5. The van der Waals surface area contributed by atoms with Crippen LogP contribution in [0.15, 0.2) is 36.5 Å². The Hall–Kier alpha value is -1.48. The minimum atomic E-state index is -0.143. The standard InChI is InChI=1S/C17H23ClN2O/c18-16-8-6-15(7-9-16)11-13-20-17(21)19-12-10-14-4-2-1-3-5-14/h6-10,12,14H,1-5,11,13H2,(H2,19,20,21)/b12-10+. The first-order valence-electron chi connectivity index (χ1n) is 7.69. The van der Waals surface area contributed by atoms with Gasteiger partial charge in [0.2, 0.25) is 0 Å². The van der Waals surface area contributed by atoms with E-state index in [2.05, 4.69) is 16.7 Å². The zero-order chi connectivity index (χ0) is 14.9. The highest BCUT2D eigenvalue weighted by Crippen LogP contribution is 2.24. The maximum atomic E-state index is 11.6. The first-order chi connectivity index (χ1) is 10.2. The summed E-state index contributed by atoms with van der Waals surface area (Å²) < 4.78 is 0. The molecule has 1 aromatic carbocycles. The number of urea groups is 1. The normalized spacial score (nSPS) is 16.0. The quantitative estimate of drug-likeness (QED) is 0.838. The number of carbonyl (C=O) groups is 1. The lowest BCUT2D eigenvalue weighted by Crippen LogP contribution is -2.33. The van der Waals surface area contributed by atoms with Crippen LogP contribution in [0.2, 0.25) is 5.02 Å². The molecular formula is C17H23ClN2O. The summed E-state index contributed by atoms with van der Waals surface area (Å²) in [6, 6.07) is 7.54. The fourth-order valence-electron chi connectivity index (χ4n) is 2.61. The number of allylic oxidation sites excluding steroid dienone is 1. The molecule has 2 N–H and O–H groups in total. The van der Waals surface area contributed by atoms with Crippen LogP contribution in [0.25, 0.3) is 0 Å². The van der Waals surface area contributed by atoms with Crippen LogP contribution in [-0.2, 0) is 6.42 Å². The molecule has 2 amide bonds. The minimum Gasteiger partial charge on any atom is -0.338 e. The van der Waals surface area contributed by atoms with E-state index in [4.69, 9.17) is 11.6 Å². The van der Waals surface area contributed by atoms with Crippen LogP contribution in [0.3, 0.4) is 0 Å². The average Bonchev–Trinajstić information content (AvgIpc) is 2.50. The van der Waals surface area contributed by atoms with Crippen LogP contribution in [-0.4, -0.2) is 12.6 Å². The molecule has 0 aliphatic heterocycles. The van der Waals surface area contributed by atoms with E-state index in [9.17, 15) is 4.79 Å². The number of amides is 2. The summed E-state index contributed by atoms with van der Waals surface area (Å²) in [6.45, 7) is 0.616. The lowest BCUT2D eigenvalue weighted by molar-refractivity contribution is 0.244. The third-order valence-corrected chi connectivity index (χ3v) is 4.10. The molecule has 4 heteroatoms. The summed E-state index contributed by atoms with van der Waals surface area (Å²) in [5, 5.41) is 6.36. The van der Waals surface area contributed by atoms with Crippen molar-refractivity contribution in [2.75, 3.05) is 6.54 Å². The van der Waals surface area contributed by atoms with Gasteiger partial charge < -0.3 is 10.6 Å². The van der Waals surface area contributed by atoms with Crippen molar-refractivity contribution < 1.29 is 4.79 Å². The van der Waals surface area contributed by atoms with Gasteiger partial charge in [-0.05, 0) is 42.9 Å². The predicted octanol–water partition coefficient (Wildman–Crippen LogP) is 4.28. The highest BCUT2D eigenvalue weighted by molar-refractivity contribution is 6.30. The SMILES string of the molecule is O=C(N/C=C/C1CCCCC1)NCCc1ccc(Cl)cc1. The molecule has 1 aliphatic carbocycles. The van der Waals surface area contributed by atoms with Crippen LogP contribution in [0, 0.1) is 5.92 Å². The molecule has 1 aromatic rings. The molecule has 114 valence electrons. The zero-order valence-corrected chi connectivity index (χ0v) is 13.0. The van der Waals surface area contributed by atoms with Crippen molar-refractivity contribution in [3.05, 3.63) is 47.1 Å². The smallest absolute Gasteiger partial charge is 0.318 e. The fourth-order valence-corrected chi connectivity index (χ4v) is 2.73. The van der Waals surface area contributed by atoms with E-state index in [1.165, 1.54) is 32.1 Å². The topological polar surface area (TPSA) is 41.1 Å². The Bertz CT molecular complexity index is 464. The molecule has 0 saturated heterocycles. The van der Waals surface area contributed by atoms with Crippen LogP contribution in [0.4, 0.5) is 4.79 Å². The summed E-state index contributed by atoms with van der Waals surface area (Å²) in [7, 11) is 0. The van der Waals surface area contributed by atoms with Gasteiger partial charge >= 0.3 is 6.03 Å². The second-order valence-corrected chi connectivity index (χ2v) is 5.97. The van der Waals surface area contributed by atoms with Crippen LogP contribution >= 0.6 is 11.6 Å². The van der Waals surface area contributed by atoms with Crippen molar-refractivity contribution in [1.82, 2.24) is 10.6 Å². The van der Waals surface area contributed by atoms with Crippen LogP contribution < -0.4 is 10.6 Å². The summed E-state index contributed by atoms with van der Waals surface area (Å²) >= 11 is 5.83. The highest BCUT2D eigenvalue weighted by Gasteiger charge is 2.09. The molecule has 1 saturated carbocycles. The van der Waals surface area contributed by atoms with Gasteiger partial charge in [0.15, 0.2) is 0 Å². The van der Waals surface area contributed by atoms with Crippen LogP contribution in [0.1, 0.15) is 37.7 Å². The van der Waals surface area contributed by atoms with Crippen molar-refractivity contribution in [2.24, 2.45) is 5.92 Å². The first kappa shape index (κ1) is 15.9. The Kier molecular flexibility index (Phi) is 6.61. The summed E-state index contributed by atoms with van der Waals surface area (Å²) in [6.07, 6.45) is 11.2. The van der Waals surface area contributed by atoms with E-state index in [0.29, 0.717) is 12.5 Å². The summed E-state index contributed by atoms with van der Waals surface area (Å²) in [5.74, 6) is 0.633. The number of carbonyl (C=O) groups excluding carboxylic acids is 1. The van der Waals surface area contributed by atoms with E-state index < -0.39 is 0 Å². The number of hydrogen-bond donors (Lipinski definition) is 2. The van der Waals surface area contributed by atoms with Gasteiger partial charge in [-0.3, -0.25) is 0 Å². The van der Waals surface area contributed by atoms with Gasteiger partial charge in [0.1, 0.15) is 0 Å². The lowest BCUT2D eigenvalue weighted by atomic mass is 9.89. The minimum absolute atomic E-state index is 0.143. The summed E-state index contributed by atoms with van der Waals surface area (Å²) in [5.41, 5.74) is 1.16. The van der Waals surface area contributed by atoms with Gasteiger partial charge in [0.25, 0.3) is 0 Å². The van der Waals surface area contributed by atoms with Crippen molar-refractivity contribution in [1.29, 1.82) is 0 Å². The molecule has 2 rings (SSSR count). The van der Waals surface area contributed by atoms with Crippen LogP contribution in [0.5, 0.6) is 0 Å². The predicted molar refractivity (Wildman–Crippen MR) is 87.4 cm³/mol. The largest absolute Gasteiger partial charge is 0.338 e. The molecule has 0 atom stereocenters. The third-order valence-electron chi connectivity index (χ3n) is 3.85. The Morgan fingerprint density at radius 2 is 1.90 bits per heavy atom. The Balaban J connectivity index is 1.60. The third kappa shape index (κ3) is 6.21. The van der Waals surface area contributed by atoms with E-state index in [1.54, 1.807) is 6.20 Å². The zero-order valence-electron chi connectivity index (χ0n) is 12.3. The molecule has 0 unspecified atom stereocenters. The maximum Gasteiger partial charge on any atom is 0.318 e. The molecule has 0 aromatic heterocycles. The Morgan fingerprint density at radius 3 is 2.62 bits per heavy atom. The van der Waals surface area contributed by atoms with E-state index in [1.807, 2.05) is 24.3 Å². The molecule has 21 heavy (non-hydrogen) atoms. The van der Waals surface area contributed by atoms with Crippen molar-refractivity contribution in [3.63, 3.8) is 0 Å². The average molecular weight is 307 g/mol. The molecule has 0 radical (unpaired) electrons. The monoisotopic (exact) mass is 306 g/mol. The number of halogens is 1. The lowest BCUT2D eigenvalue weighted by Gasteiger charge is -2.17. The van der Waals surface area contributed by atoms with Gasteiger partial charge in [0, 0.05) is 17.8 Å². The molecule has 3 nitrogen and oxygen atoms in total. The van der Waals surface area contributed by atoms with Crippen molar-refractivity contribution >= 4 is 17.6 Å². The Morgan fingerprint density at radius 1 is 1.19 bits per heavy atom. The van der Waals surface area contributed by atoms with E-state index in [0.717, 1.165) is 17.0 Å². The summed E-state index contributed by atoms with van der Waals surface area (Å²) in [4.78, 5) is 11.6. The number of benzene rings is 1. The van der Waals surface area contributed by atoms with Crippen molar-refractivity contribution in [2.45, 2.75) is 38.5 Å². The molecular weight excluding hydrogens is 284 g/mol. The van der Waals surface area contributed by atoms with Gasteiger partial charge in [-0.15, -0.1) is 0 Å². The van der Waals surface area contributed by atoms with Gasteiger partial charge in [-0.1, -0.05) is 49.1 Å².